The van der Waals surface area contributed by atoms with Gasteiger partial charge in [-0.3, -0.25) is 4.98 Å². The van der Waals surface area contributed by atoms with Crippen LogP contribution >= 0.6 is 0 Å². The molecular formula is C14H18N2. The molecule has 2 N–H and O–H groups in total. The quantitative estimate of drug-likeness (QED) is 0.851. The Balaban J connectivity index is 2.39. The molecule has 0 radical (unpaired) electrons. The Morgan fingerprint density at radius 3 is 2.88 bits per heavy atom. The third-order valence-electron chi connectivity index (χ3n) is 3.27. The molecule has 0 fully saturated rings. The van der Waals surface area contributed by atoms with Gasteiger partial charge in [0.1, 0.15) is 0 Å². The fourth-order valence-corrected chi connectivity index (χ4v) is 1.88. The molecule has 0 saturated carbocycles. The zero-order valence-electron chi connectivity index (χ0n) is 9.85. The van der Waals surface area contributed by atoms with Gasteiger partial charge in [0.05, 0.1) is 5.52 Å². The lowest BCUT2D eigenvalue weighted by Gasteiger charge is -2.18. The van der Waals surface area contributed by atoms with Crippen LogP contribution in [0.2, 0.25) is 0 Å². The first-order valence-electron chi connectivity index (χ1n) is 5.82. The molecule has 1 aromatic heterocycles. The van der Waals surface area contributed by atoms with Gasteiger partial charge in [-0.25, -0.2) is 0 Å². The van der Waals surface area contributed by atoms with Gasteiger partial charge in [0.15, 0.2) is 0 Å². The smallest absolute Gasteiger partial charge is 0.0702 e. The van der Waals surface area contributed by atoms with Crippen LogP contribution in [0.15, 0.2) is 36.5 Å². The Bertz CT molecular complexity index is 479. The molecular weight excluding hydrogens is 196 g/mol. The Hall–Kier alpha value is -1.41. The molecule has 1 aromatic carbocycles. The van der Waals surface area contributed by atoms with Gasteiger partial charge in [0.2, 0.25) is 0 Å². The van der Waals surface area contributed by atoms with E-state index in [1.165, 1.54) is 10.9 Å². The van der Waals surface area contributed by atoms with Crippen LogP contribution in [0, 0.1) is 5.92 Å². The third kappa shape index (κ3) is 2.07. The lowest BCUT2D eigenvalue weighted by Crippen LogP contribution is -2.18. The topological polar surface area (TPSA) is 38.9 Å². The molecule has 0 aliphatic heterocycles. The standard InChI is InChI=1S/C14H18N2/c1-3-10(2)14(15)12-6-7-13-11(9-12)5-4-8-16-13/h4-10,14H,3,15H2,1-2H3. The van der Waals surface area contributed by atoms with Crippen LogP contribution in [0.3, 0.4) is 0 Å². The predicted octanol–water partition coefficient (Wildman–Crippen LogP) is 3.28. The molecule has 2 nitrogen and oxygen atoms in total. The maximum Gasteiger partial charge on any atom is 0.0702 e. The lowest BCUT2D eigenvalue weighted by atomic mass is 9.92. The van der Waals surface area contributed by atoms with Crippen molar-refractivity contribution in [2.75, 3.05) is 0 Å². The summed E-state index contributed by atoms with van der Waals surface area (Å²) >= 11 is 0. The summed E-state index contributed by atoms with van der Waals surface area (Å²) in [6.45, 7) is 4.37. The van der Waals surface area contributed by atoms with E-state index in [0.29, 0.717) is 5.92 Å². The van der Waals surface area contributed by atoms with Gasteiger partial charge in [0.25, 0.3) is 0 Å². The zero-order chi connectivity index (χ0) is 11.5. The van der Waals surface area contributed by atoms with Gasteiger partial charge in [-0.15, -0.1) is 0 Å². The highest BCUT2D eigenvalue weighted by Gasteiger charge is 2.13. The largest absolute Gasteiger partial charge is 0.324 e. The maximum atomic E-state index is 6.22. The number of rotatable bonds is 3. The Morgan fingerprint density at radius 2 is 2.12 bits per heavy atom. The van der Waals surface area contributed by atoms with Crippen molar-refractivity contribution < 1.29 is 0 Å². The van der Waals surface area contributed by atoms with Crippen LogP contribution in [0.25, 0.3) is 10.9 Å². The minimum atomic E-state index is 0.120. The van der Waals surface area contributed by atoms with Crippen molar-refractivity contribution >= 4 is 10.9 Å². The minimum absolute atomic E-state index is 0.120. The van der Waals surface area contributed by atoms with Gasteiger partial charge < -0.3 is 5.73 Å². The monoisotopic (exact) mass is 214 g/mol. The van der Waals surface area contributed by atoms with Crippen molar-refractivity contribution in [3.8, 4) is 0 Å². The molecule has 0 amide bonds. The van der Waals surface area contributed by atoms with Crippen molar-refractivity contribution in [3.05, 3.63) is 42.1 Å². The van der Waals surface area contributed by atoms with E-state index in [-0.39, 0.29) is 6.04 Å². The number of hydrogen-bond acceptors (Lipinski definition) is 2. The number of aromatic nitrogens is 1. The van der Waals surface area contributed by atoms with E-state index < -0.39 is 0 Å². The van der Waals surface area contributed by atoms with Crippen LogP contribution in [0.5, 0.6) is 0 Å². The van der Waals surface area contributed by atoms with Gasteiger partial charge in [-0.05, 0) is 29.7 Å². The predicted molar refractivity (Wildman–Crippen MR) is 68.1 cm³/mol. The number of benzene rings is 1. The summed E-state index contributed by atoms with van der Waals surface area (Å²) < 4.78 is 0. The van der Waals surface area contributed by atoms with Crippen LogP contribution in [0.1, 0.15) is 31.9 Å². The van der Waals surface area contributed by atoms with Gasteiger partial charge in [0, 0.05) is 17.6 Å². The molecule has 0 saturated heterocycles. The van der Waals surface area contributed by atoms with E-state index >= 15 is 0 Å². The van der Waals surface area contributed by atoms with Crippen LogP contribution in [-0.4, -0.2) is 4.98 Å². The Kier molecular flexibility index (Phi) is 3.20. The average molecular weight is 214 g/mol. The number of hydrogen-bond donors (Lipinski definition) is 1. The molecule has 2 unspecified atom stereocenters. The molecule has 0 aliphatic rings. The first-order valence-corrected chi connectivity index (χ1v) is 5.82. The maximum absolute atomic E-state index is 6.22. The van der Waals surface area contributed by atoms with E-state index in [1.807, 2.05) is 18.3 Å². The number of fused-ring (bicyclic) bond motifs is 1. The van der Waals surface area contributed by atoms with Crippen molar-refractivity contribution in [1.82, 2.24) is 4.98 Å². The summed E-state index contributed by atoms with van der Waals surface area (Å²) in [5, 5.41) is 1.17. The molecule has 2 atom stereocenters. The summed E-state index contributed by atoms with van der Waals surface area (Å²) in [7, 11) is 0. The van der Waals surface area contributed by atoms with Crippen LogP contribution in [-0.2, 0) is 0 Å². The first kappa shape index (κ1) is 11.1. The highest BCUT2D eigenvalue weighted by molar-refractivity contribution is 5.79. The molecule has 0 spiro atoms. The summed E-state index contributed by atoms with van der Waals surface area (Å²) in [5.74, 6) is 0.508. The van der Waals surface area contributed by atoms with E-state index in [2.05, 4.69) is 37.0 Å². The molecule has 2 aromatic rings. The molecule has 2 rings (SSSR count). The van der Waals surface area contributed by atoms with E-state index in [0.717, 1.165) is 11.9 Å². The Morgan fingerprint density at radius 1 is 1.31 bits per heavy atom. The molecule has 1 heterocycles. The molecule has 16 heavy (non-hydrogen) atoms. The van der Waals surface area contributed by atoms with Crippen molar-refractivity contribution in [3.63, 3.8) is 0 Å². The second-order valence-electron chi connectivity index (χ2n) is 4.37. The SMILES string of the molecule is CCC(C)C(N)c1ccc2ncccc2c1. The zero-order valence-corrected chi connectivity index (χ0v) is 9.85. The molecule has 84 valence electrons. The lowest BCUT2D eigenvalue weighted by molar-refractivity contribution is 0.457. The number of nitrogens with zero attached hydrogens (tertiary/aromatic N) is 1. The fourth-order valence-electron chi connectivity index (χ4n) is 1.88. The van der Waals surface area contributed by atoms with E-state index in [1.54, 1.807) is 0 Å². The average Bonchev–Trinajstić information content (AvgIpc) is 2.36. The Labute approximate surface area is 96.5 Å². The third-order valence-corrected chi connectivity index (χ3v) is 3.27. The van der Waals surface area contributed by atoms with Gasteiger partial charge in [-0.1, -0.05) is 32.4 Å². The second-order valence-corrected chi connectivity index (χ2v) is 4.37. The first-order chi connectivity index (χ1) is 7.72. The highest BCUT2D eigenvalue weighted by atomic mass is 14.7. The van der Waals surface area contributed by atoms with Crippen molar-refractivity contribution in [1.29, 1.82) is 0 Å². The number of pyridine rings is 1. The summed E-state index contributed by atoms with van der Waals surface area (Å²) in [4.78, 5) is 4.31. The summed E-state index contributed by atoms with van der Waals surface area (Å²) in [6, 6.07) is 10.4. The van der Waals surface area contributed by atoms with E-state index in [9.17, 15) is 0 Å². The minimum Gasteiger partial charge on any atom is -0.324 e. The van der Waals surface area contributed by atoms with Crippen molar-refractivity contribution in [2.24, 2.45) is 11.7 Å². The summed E-state index contributed by atoms with van der Waals surface area (Å²) in [5.41, 5.74) is 8.45. The number of nitrogens with two attached hydrogens (primary N) is 1. The fraction of sp³-hybridized carbons (Fsp3) is 0.357. The molecule has 0 bridgehead atoms. The molecule has 0 aliphatic carbocycles. The normalized spacial score (nSPS) is 14.9. The summed E-state index contributed by atoms with van der Waals surface area (Å²) in [6.07, 6.45) is 2.92. The van der Waals surface area contributed by atoms with Gasteiger partial charge >= 0.3 is 0 Å². The van der Waals surface area contributed by atoms with Crippen molar-refractivity contribution in [2.45, 2.75) is 26.3 Å². The highest BCUT2D eigenvalue weighted by Crippen LogP contribution is 2.24. The van der Waals surface area contributed by atoms with Gasteiger partial charge in [-0.2, -0.15) is 0 Å². The second kappa shape index (κ2) is 4.62. The van der Waals surface area contributed by atoms with Crippen LogP contribution in [0.4, 0.5) is 0 Å². The molecule has 2 heteroatoms. The van der Waals surface area contributed by atoms with E-state index in [4.69, 9.17) is 5.73 Å². The van der Waals surface area contributed by atoms with Crippen LogP contribution < -0.4 is 5.73 Å².